The number of hydrogen-bond donors (Lipinski definition) is 1. The van der Waals surface area contributed by atoms with E-state index >= 15 is 0 Å². The van der Waals surface area contributed by atoms with Crippen LogP contribution in [0.3, 0.4) is 0 Å². The molecule has 27 heavy (non-hydrogen) atoms. The molecular formula is C19H20N4O4. The minimum absolute atomic E-state index is 0.0643. The van der Waals surface area contributed by atoms with Gasteiger partial charge in [-0.25, -0.2) is 4.79 Å². The van der Waals surface area contributed by atoms with Crippen LogP contribution in [0.15, 0.2) is 41.2 Å². The molecule has 0 saturated heterocycles. The van der Waals surface area contributed by atoms with Crippen molar-refractivity contribution in [2.75, 3.05) is 5.32 Å². The Hall–Kier alpha value is -3.42. The summed E-state index contributed by atoms with van der Waals surface area (Å²) in [6, 6.07) is 9.80. The van der Waals surface area contributed by atoms with E-state index in [1.165, 1.54) is 21.3 Å². The first kappa shape index (κ1) is 18.4. The first-order chi connectivity index (χ1) is 12.9. The van der Waals surface area contributed by atoms with Gasteiger partial charge in [-0.05, 0) is 39.0 Å². The zero-order chi connectivity index (χ0) is 19.7. The normalized spacial score (nSPS) is 10.9. The van der Waals surface area contributed by atoms with Crippen molar-refractivity contribution in [3.8, 4) is 0 Å². The highest BCUT2D eigenvalue weighted by Crippen LogP contribution is 2.30. The maximum absolute atomic E-state index is 12.6. The fourth-order valence-electron chi connectivity index (χ4n) is 3.19. The molecule has 0 unspecified atom stereocenters. The molecule has 3 aromatic rings. The van der Waals surface area contributed by atoms with E-state index in [1.807, 2.05) is 19.9 Å². The number of fused-ring (bicyclic) bond motifs is 1. The SMILES string of the molecule is CCn1c(=O)n(CC)c2cc([N+](=O)[O-])c(NC(=O)c3cccc(C)c3)cc21. The van der Waals surface area contributed by atoms with Crippen molar-refractivity contribution in [2.24, 2.45) is 0 Å². The number of benzene rings is 2. The predicted octanol–water partition coefficient (Wildman–Crippen LogP) is 3.31. The first-order valence-corrected chi connectivity index (χ1v) is 8.66. The number of rotatable bonds is 5. The van der Waals surface area contributed by atoms with E-state index in [2.05, 4.69) is 5.32 Å². The molecule has 1 N–H and O–H groups in total. The van der Waals surface area contributed by atoms with Crippen LogP contribution >= 0.6 is 0 Å². The van der Waals surface area contributed by atoms with Crippen molar-refractivity contribution in [1.29, 1.82) is 0 Å². The van der Waals surface area contributed by atoms with Crippen molar-refractivity contribution in [2.45, 2.75) is 33.9 Å². The summed E-state index contributed by atoms with van der Waals surface area (Å²) in [6.07, 6.45) is 0. The van der Waals surface area contributed by atoms with E-state index in [1.54, 1.807) is 25.1 Å². The fourth-order valence-corrected chi connectivity index (χ4v) is 3.19. The molecule has 0 atom stereocenters. The quantitative estimate of drug-likeness (QED) is 0.551. The number of hydrogen-bond acceptors (Lipinski definition) is 4. The molecule has 1 amide bonds. The Morgan fingerprint density at radius 3 is 2.30 bits per heavy atom. The second-order valence-electron chi connectivity index (χ2n) is 6.21. The largest absolute Gasteiger partial charge is 0.329 e. The number of nitro groups is 1. The molecule has 0 aliphatic rings. The molecule has 0 aliphatic carbocycles. The molecule has 2 aromatic carbocycles. The summed E-state index contributed by atoms with van der Waals surface area (Å²) in [7, 11) is 0. The number of nitrogens with one attached hydrogen (secondary N) is 1. The third-order valence-corrected chi connectivity index (χ3v) is 4.49. The van der Waals surface area contributed by atoms with Gasteiger partial charge in [0.15, 0.2) is 0 Å². The Bertz CT molecular complexity index is 1110. The van der Waals surface area contributed by atoms with Gasteiger partial charge in [-0.2, -0.15) is 0 Å². The van der Waals surface area contributed by atoms with Crippen molar-refractivity contribution in [1.82, 2.24) is 9.13 Å². The summed E-state index contributed by atoms with van der Waals surface area (Å²) >= 11 is 0. The van der Waals surface area contributed by atoms with Crippen LogP contribution in [0.5, 0.6) is 0 Å². The van der Waals surface area contributed by atoms with Crippen LogP contribution in [0.1, 0.15) is 29.8 Å². The Morgan fingerprint density at radius 2 is 1.74 bits per heavy atom. The summed E-state index contributed by atoms with van der Waals surface area (Å²) in [5.74, 6) is -0.443. The Balaban J connectivity index is 2.16. The molecule has 0 fully saturated rings. The van der Waals surface area contributed by atoms with Crippen LogP contribution in [0.2, 0.25) is 0 Å². The van der Waals surface area contributed by atoms with Gasteiger partial charge in [0.2, 0.25) is 0 Å². The number of nitro benzene ring substituents is 1. The molecule has 1 aromatic heterocycles. The summed E-state index contributed by atoms with van der Waals surface area (Å²) in [5.41, 5.74) is 1.93. The van der Waals surface area contributed by atoms with Crippen LogP contribution in [-0.4, -0.2) is 20.0 Å². The number of aromatic nitrogens is 2. The van der Waals surface area contributed by atoms with E-state index in [-0.39, 0.29) is 17.1 Å². The molecular weight excluding hydrogens is 348 g/mol. The molecule has 3 rings (SSSR count). The molecule has 0 saturated carbocycles. The lowest BCUT2D eigenvalue weighted by molar-refractivity contribution is -0.383. The molecule has 8 heteroatoms. The highest BCUT2D eigenvalue weighted by atomic mass is 16.6. The van der Waals surface area contributed by atoms with E-state index in [0.29, 0.717) is 29.7 Å². The molecule has 0 radical (unpaired) electrons. The Morgan fingerprint density at radius 1 is 1.11 bits per heavy atom. The highest BCUT2D eigenvalue weighted by Gasteiger charge is 2.22. The fraction of sp³-hybridized carbons (Fsp3) is 0.263. The van der Waals surface area contributed by atoms with Crippen molar-refractivity contribution < 1.29 is 9.72 Å². The van der Waals surface area contributed by atoms with Gasteiger partial charge in [0, 0.05) is 24.7 Å². The van der Waals surface area contributed by atoms with Gasteiger partial charge in [-0.15, -0.1) is 0 Å². The Kier molecular flexibility index (Phi) is 4.81. The maximum Gasteiger partial charge on any atom is 0.329 e. The smallest absolute Gasteiger partial charge is 0.316 e. The first-order valence-electron chi connectivity index (χ1n) is 8.66. The highest BCUT2D eigenvalue weighted by molar-refractivity contribution is 6.06. The van der Waals surface area contributed by atoms with Crippen molar-refractivity contribution >= 4 is 28.3 Å². The van der Waals surface area contributed by atoms with Crippen LogP contribution in [0, 0.1) is 17.0 Å². The second kappa shape index (κ2) is 7.06. The predicted molar refractivity (Wildman–Crippen MR) is 103 cm³/mol. The maximum atomic E-state index is 12.6. The average molecular weight is 368 g/mol. The summed E-state index contributed by atoms with van der Waals surface area (Å²) in [6.45, 7) is 6.31. The van der Waals surface area contributed by atoms with Crippen LogP contribution in [-0.2, 0) is 13.1 Å². The number of imidazole rings is 1. The zero-order valence-corrected chi connectivity index (χ0v) is 15.4. The van der Waals surface area contributed by atoms with Gasteiger partial charge >= 0.3 is 5.69 Å². The lowest BCUT2D eigenvalue weighted by Crippen LogP contribution is -2.23. The van der Waals surface area contributed by atoms with Crippen LogP contribution < -0.4 is 11.0 Å². The van der Waals surface area contributed by atoms with Crippen molar-refractivity contribution in [3.05, 3.63) is 68.1 Å². The number of nitrogens with zero attached hydrogens (tertiary/aromatic N) is 3. The lowest BCUT2D eigenvalue weighted by Gasteiger charge is -2.08. The topological polar surface area (TPSA) is 99.2 Å². The average Bonchev–Trinajstić information content (AvgIpc) is 2.90. The summed E-state index contributed by atoms with van der Waals surface area (Å²) in [5, 5.41) is 14.2. The van der Waals surface area contributed by atoms with E-state index in [4.69, 9.17) is 0 Å². The summed E-state index contributed by atoms with van der Waals surface area (Å²) < 4.78 is 3.02. The minimum atomic E-state index is -0.556. The molecule has 0 bridgehead atoms. The van der Waals surface area contributed by atoms with E-state index in [9.17, 15) is 19.7 Å². The molecule has 0 aliphatic heterocycles. The van der Waals surface area contributed by atoms with Crippen molar-refractivity contribution in [3.63, 3.8) is 0 Å². The van der Waals surface area contributed by atoms with Gasteiger partial charge in [-0.1, -0.05) is 17.7 Å². The Labute approximate surface area is 155 Å². The molecule has 8 nitrogen and oxygen atoms in total. The van der Waals surface area contributed by atoms with E-state index < -0.39 is 10.8 Å². The molecule has 1 heterocycles. The summed E-state index contributed by atoms with van der Waals surface area (Å²) in [4.78, 5) is 36.0. The monoisotopic (exact) mass is 368 g/mol. The van der Waals surface area contributed by atoms with Gasteiger partial charge < -0.3 is 5.32 Å². The van der Waals surface area contributed by atoms with Gasteiger partial charge in [0.1, 0.15) is 5.69 Å². The lowest BCUT2D eigenvalue weighted by atomic mass is 10.1. The third-order valence-electron chi connectivity index (χ3n) is 4.49. The van der Waals surface area contributed by atoms with Gasteiger partial charge in [0.05, 0.1) is 16.0 Å². The number of amides is 1. The van der Waals surface area contributed by atoms with Crippen LogP contribution in [0.25, 0.3) is 11.0 Å². The standard InChI is InChI=1S/C19H20N4O4/c1-4-21-16-10-14(20-18(24)13-8-6-7-12(3)9-13)15(23(26)27)11-17(16)22(5-2)19(21)25/h6-11H,4-5H2,1-3H3,(H,20,24). The number of carbonyl (C=O) groups excluding carboxylic acids is 1. The third kappa shape index (κ3) is 3.21. The van der Waals surface area contributed by atoms with Gasteiger partial charge in [0.25, 0.3) is 11.6 Å². The molecule has 0 spiro atoms. The number of aryl methyl sites for hydroxylation is 3. The van der Waals surface area contributed by atoms with Crippen LogP contribution in [0.4, 0.5) is 11.4 Å². The number of anilines is 1. The zero-order valence-electron chi connectivity index (χ0n) is 15.4. The second-order valence-corrected chi connectivity index (χ2v) is 6.21. The number of carbonyl (C=O) groups is 1. The minimum Gasteiger partial charge on any atom is -0.316 e. The molecule has 140 valence electrons. The van der Waals surface area contributed by atoms with Gasteiger partial charge in [-0.3, -0.25) is 24.0 Å². The van der Waals surface area contributed by atoms with E-state index in [0.717, 1.165) is 5.56 Å².